The second-order valence-corrected chi connectivity index (χ2v) is 9.61. The summed E-state index contributed by atoms with van der Waals surface area (Å²) in [6.07, 6.45) is 2.88. The molecular weight excluding hydrogens is 430 g/mol. The zero-order valence-electron chi connectivity index (χ0n) is 20.9. The average molecular weight is 468 g/mol. The molecule has 1 heterocycles. The summed E-state index contributed by atoms with van der Waals surface area (Å²) >= 11 is 0. The number of nitrogens with one attached hydrogen (secondary N) is 2. The Morgan fingerprint density at radius 2 is 1.88 bits per heavy atom. The van der Waals surface area contributed by atoms with Gasteiger partial charge in [-0.3, -0.25) is 4.79 Å². The van der Waals surface area contributed by atoms with E-state index in [0.29, 0.717) is 11.4 Å². The average Bonchev–Trinajstić information content (AvgIpc) is 3.29. The first-order valence-electron chi connectivity index (χ1n) is 12.0. The number of ether oxygens (including phenoxy) is 1. The highest BCUT2D eigenvalue weighted by molar-refractivity contribution is 6.02. The molecule has 3 N–H and O–H groups in total. The fourth-order valence-electron chi connectivity index (χ4n) is 4.65. The Bertz CT molecular complexity index is 998. The van der Waals surface area contributed by atoms with Gasteiger partial charge in [-0.25, -0.2) is 4.79 Å². The second kappa shape index (κ2) is 10.9. The quantitative estimate of drug-likeness (QED) is 0.450. The zero-order valence-corrected chi connectivity index (χ0v) is 20.9. The van der Waals surface area contributed by atoms with Crippen LogP contribution in [0.25, 0.3) is 0 Å². The van der Waals surface area contributed by atoms with E-state index in [4.69, 9.17) is 4.74 Å². The molecule has 1 fully saturated rings. The fourth-order valence-corrected chi connectivity index (χ4v) is 4.65. The van der Waals surface area contributed by atoms with Crippen LogP contribution in [0.3, 0.4) is 0 Å². The van der Waals surface area contributed by atoms with Crippen LogP contribution < -0.4 is 15.5 Å². The molecule has 0 radical (unpaired) electrons. The number of amides is 2. The molecule has 184 valence electrons. The van der Waals surface area contributed by atoms with Crippen molar-refractivity contribution >= 4 is 29.1 Å². The summed E-state index contributed by atoms with van der Waals surface area (Å²) in [5.41, 5.74) is 3.41. The Morgan fingerprint density at radius 1 is 1.18 bits per heavy atom. The molecule has 0 spiro atoms. The van der Waals surface area contributed by atoms with Gasteiger partial charge < -0.3 is 25.4 Å². The molecule has 2 amide bonds. The lowest BCUT2D eigenvalue weighted by molar-refractivity contribution is -0.141. The number of carbonyl (C=O) groups is 2. The lowest BCUT2D eigenvalue weighted by Gasteiger charge is -2.36. The van der Waals surface area contributed by atoms with Crippen LogP contribution in [0.2, 0.25) is 0 Å². The first-order valence-corrected chi connectivity index (χ1v) is 12.0. The van der Waals surface area contributed by atoms with E-state index in [9.17, 15) is 14.7 Å². The second-order valence-electron chi connectivity index (χ2n) is 9.61. The van der Waals surface area contributed by atoms with Gasteiger partial charge in [0.05, 0.1) is 36.5 Å². The molecule has 0 saturated carbocycles. The first-order chi connectivity index (χ1) is 16.1. The van der Waals surface area contributed by atoms with Crippen LogP contribution in [-0.2, 0) is 9.53 Å². The summed E-state index contributed by atoms with van der Waals surface area (Å²) in [5.74, 6) is -0.282. The predicted molar refractivity (Wildman–Crippen MR) is 137 cm³/mol. The maximum Gasteiger partial charge on any atom is 0.323 e. The molecule has 1 saturated heterocycles. The van der Waals surface area contributed by atoms with Crippen molar-refractivity contribution in [1.82, 2.24) is 0 Å². The van der Waals surface area contributed by atoms with Crippen LogP contribution in [0, 0.1) is 6.92 Å². The van der Waals surface area contributed by atoms with Crippen LogP contribution in [-0.4, -0.2) is 42.4 Å². The Balaban J connectivity index is 1.93. The maximum absolute atomic E-state index is 12.9. The van der Waals surface area contributed by atoms with Gasteiger partial charge in [0, 0.05) is 12.2 Å². The molecule has 2 unspecified atom stereocenters. The van der Waals surface area contributed by atoms with E-state index in [1.54, 1.807) is 0 Å². The monoisotopic (exact) mass is 467 g/mol. The van der Waals surface area contributed by atoms with E-state index in [-0.39, 0.29) is 30.4 Å². The van der Waals surface area contributed by atoms with Crippen molar-refractivity contribution in [3.8, 4) is 0 Å². The summed E-state index contributed by atoms with van der Waals surface area (Å²) in [4.78, 5) is 27.0. The van der Waals surface area contributed by atoms with Crippen molar-refractivity contribution in [3.63, 3.8) is 0 Å². The number of hydrogen-bond donors (Lipinski definition) is 3. The molecular formula is C27H37N3O4. The molecule has 7 nitrogen and oxygen atoms in total. The molecule has 0 aliphatic carbocycles. The summed E-state index contributed by atoms with van der Waals surface area (Å²) in [6.45, 7) is 8.47. The van der Waals surface area contributed by atoms with Gasteiger partial charge in [-0.15, -0.1) is 0 Å². The highest BCUT2D eigenvalue weighted by Crippen LogP contribution is 2.38. The standard InChI is InChI=1S/C27H37N3O4/c1-6-19(17-25(31)34-5)20-11-14-23(30-15-7-8-24(30)27(3,4)33)22(16-20)29-26(32)28-21-12-9-18(2)10-13-21/h9-14,16,19,24,33H,6-8,15,17H2,1-5H3,(H2,28,29,32). The molecule has 0 bridgehead atoms. The highest BCUT2D eigenvalue weighted by Gasteiger charge is 2.37. The Kier molecular flexibility index (Phi) is 8.20. The Morgan fingerprint density at radius 3 is 2.50 bits per heavy atom. The molecule has 2 aromatic rings. The predicted octanol–water partition coefficient (Wildman–Crippen LogP) is 5.44. The van der Waals surface area contributed by atoms with Gasteiger partial charge in [0.25, 0.3) is 0 Å². The molecule has 2 aromatic carbocycles. The van der Waals surface area contributed by atoms with Crippen LogP contribution >= 0.6 is 0 Å². The van der Waals surface area contributed by atoms with Crippen LogP contribution in [0.1, 0.15) is 63.5 Å². The Hall–Kier alpha value is -3.06. The summed E-state index contributed by atoms with van der Waals surface area (Å²) in [5, 5.41) is 16.7. The van der Waals surface area contributed by atoms with Crippen molar-refractivity contribution < 1.29 is 19.4 Å². The number of urea groups is 1. The number of aliphatic hydroxyl groups is 1. The number of hydrogen-bond acceptors (Lipinski definition) is 5. The van der Waals surface area contributed by atoms with Crippen LogP contribution in [0.4, 0.5) is 21.9 Å². The van der Waals surface area contributed by atoms with Crippen LogP contribution in [0.15, 0.2) is 42.5 Å². The lowest BCUT2D eigenvalue weighted by Crippen LogP contribution is -2.46. The number of aryl methyl sites for hydroxylation is 1. The fraction of sp³-hybridized carbons (Fsp3) is 0.481. The van der Waals surface area contributed by atoms with Crippen molar-refractivity contribution in [1.29, 1.82) is 0 Å². The molecule has 7 heteroatoms. The van der Waals surface area contributed by atoms with Crippen molar-refractivity contribution in [3.05, 3.63) is 53.6 Å². The van der Waals surface area contributed by atoms with E-state index in [0.717, 1.165) is 42.6 Å². The first kappa shape index (κ1) is 25.6. The smallest absolute Gasteiger partial charge is 0.323 e. The Labute approximate surface area is 202 Å². The summed E-state index contributed by atoms with van der Waals surface area (Å²) < 4.78 is 4.88. The SMILES string of the molecule is CCC(CC(=O)OC)c1ccc(N2CCCC2C(C)(C)O)c(NC(=O)Nc2ccc(C)cc2)c1. The van der Waals surface area contributed by atoms with E-state index >= 15 is 0 Å². The van der Waals surface area contributed by atoms with Gasteiger partial charge in [0.2, 0.25) is 0 Å². The maximum atomic E-state index is 12.9. The van der Waals surface area contributed by atoms with E-state index in [1.807, 2.05) is 70.2 Å². The van der Waals surface area contributed by atoms with Gasteiger partial charge in [-0.1, -0.05) is 30.7 Å². The molecule has 34 heavy (non-hydrogen) atoms. The minimum absolute atomic E-state index is 0.0223. The number of rotatable bonds is 8. The number of anilines is 3. The number of carbonyl (C=O) groups excluding carboxylic acids is 2. The van der Waals surface area contributed by atoms with Crippen molar-refractivity contribution in [2.24, 2.45) is 0 Å². The third-order valence-electron chi connectivity index (χ3n) is 6.56. The summed E-state index contributed by atoms with van der Waals surface area (Å²) in [6, 6.07) is 13.1. The lowest BCUT2D eigenvalue weighted by atomic mass is 9.92. The summed E-state index contributed by atoms with van der Waals surface area (Å²) in [7, 11) is 1.39. The minimum atomic E-state index is -0.882. The van der Waals surface area contributed by atoms with E-state index in [1.165, 1.54) is 7.11 Å². The van der Waals surface area contributed by atoms with Crippen molar-refractivity contribution in [2.45, 2.75) is 70.9 Å². The molecule has 3 rings (SSSR count). The normalized spacial score (nSPS) is 16.8. The molecule has 1 aliphatic heterocycles. The topological polar surface area (TPSA) is 90.9 Å². The number of nitrogens with zero attached hydrogens (tertiary/aromatic N) is 1. The largest absolute Gasteiger partial charge is 0.469 e. The third-order valence-corrected chi connectivity index (χ3v) is 6.56. The number of benzene rings is 2. The van der Waals surface area contributed by atoms with Gasteiger partial charge in [-0.2, -0.15) is 0 Å². The van der Waals surface area contributed by atoms with Gasteiger partial charge >= 0.3 is 12.0 Å². The van der Waals surface area contributed by atoms with Gasteiger partial charge in [0.1, 0.15) is 0 Å². The molecule has 1 aliphatic rings. The minimum Gasteiger partial charge on any atom is -0.469 e. The number of esters is 1. The van der Waals surface area contributed by atoms with Crippen molar-refractivity contribution in [2.75, 3.05) is 29.2 Å². The van der Waals surface area contributed by atoms with Gasteiger partial charge in [-0.05, 0) is 75.8 Å². The van der Waals surface area contributed by atoms with E-state index in [2.05, 4.69) is 15.5 Å². The van der Waals surface area contributed by atoms with Crippen LogP contribution in [0.5, 0.6) is 0 Å². The highest BCUT2D eigenvalue weighted by atomic mass is 16.5. The molecule has 2 atom stereocenters. The third kappa shape index (κ3) is 6.29. The van der Waals surface area contributed by atoms with Gasteiger partial charge in [0.15, 0.2) is 0 Å². The molecule has 0 aromatic heterocycles. The number of methoxy groups -OCH3 is 1. The van der Waals surface area contributed by atoms with E-state index < -0.39 is 5.60 Å². The zero-order chi connectivity index (χ0) is 24.9.